The molecule has 1 aromatic carbocycles. The van der Waals surface area contributed by atoms with E-state index in [4.69, 9.17) is 16.3 Å². The maximum atomic E-state index is 6.17. The van der Waals surface area contributed by atoms with E-state index in [1.54, 1.807) is 18.9 Å². The molecule has 0 aliphatic rings. The van der Waals surface area contributed by atoms with Gasteiger partial charge >= 0.3 is 0 Å². The van der Waals surface area contributed by atoms with Gasteiger partial charge in [-0.05, 0) is 17.4 Å². The summed E-state index contributed by atoms with van der Waals surface area (Å²) < 4.78 is 4.99. The zero-order chi connectivity index (χ0) is 11.8. The highest BCUT2D eigenvalue weighted by molar-refractivity contribution is 7.99. The van der Waals surface area contributed by atoms with Gasteiger partial charge < -0.3 is 10.1 Å². The van der Waals surface area contributed by atoms with Gasteiger partial charge in [0.2, 0.25) is 0 Å². The number of halogens is 1. The molecule has 0 saturated heterocycles. The van der Waals surface area contributed by atoms with Crippen LogP contribution < -0.4 is 5.32 Å². The van der Waals surface area contributed by atoms with Crippen molar-refractivity contribution in [3.8, 4) is 0 Å². The standard InChI is InChI=1S/C12H18ClNOS/c1-3-16-12-10(5-4-6-11(12)13)9-14-7-8-15-2/h4-6,14H,3,7-9H2,1-2H3. The fraction of sp³-hybridized carbons (Fsp3) is 0.500. The second-order valence-electron chi connectivity index (χ2n) is 3.33. The maximum Gasteiger partial charge on any atom is 0.0587 e. The lowest BCUT2D eigenvalue weighted by Gasteiger charge is -2.11. The van der Waals surface area contributed by atoms with Crippen LogP contribution in [0.25, 0.3) is 0 Å². The van der Waals surface area contributed by atoms with Crippen LogP contribution in [0.4, 0.5) is 0 Å². The molecule has 0 atom stereocenters. The van der Waals surface area contributed by atoms with Crippen LogP contribution in [0.5, 0.6) is 0 Å². The molecule has 0 fully saturated rings. The molecule has 0 unspecified atom stereocenters. The quantitative estimate of drug-likeness (QED) is 0.600. The molecule has 1 N–H and O–H groups in total. The van der Waals surface area contributed by atoms with Gasteiger partial charge in [0.15, 0.2) is 0 Å². The highest BCUT2D eigenvalue weighted by Crippen LogP contribution is 2.30. The summed E-state index contributed by atoms with van der Waals surface area (Å²) in [4.78, 5) is 1.19. The zero-order valence-electron chi connectivity index (χ0n) is 9.75. The molecule has 0 radical (unpaired) electrons. The van der Waals surface area contributed by atoms with Crippen LogP contribution in [-0.4, -0.2) is 26.0 Å². The summed E-state index contributed by atoms with van der Waals surface area (Å²) in [6.07, 6.45) is 0. The molecule has 0 spiro atoms. The topological polar surface area (TPSA) is 21.3 Å². The Bertz CT molecular complexity index is 320. The third-order valence-corrected chi connectivity index (χ3v) is 3.62. The van der Waals surface area contributed by atoms with Crippen molar-refractivity contribution in [3.63, 3.8) is 0 Å². The number of methoxy groups -OCH3 is 1. The fourth-order valence-corrected chi connectivity index (χ4v) is 2.57. The number of ether oxygens (including phenoxy) is 1. The van der Waals surface area contributed by atoms with Crippen molar-refractivity contribution in [2.24, 2.45) is 0 Å². The number of nitrogens with one attached hydrogen (secondary N) is 1. The van der Waals surface area contributed by atoms with Gasteiger partial charge in [0.05, 0.1) is 11.6 Å². The first-order valence-electron chi connectivity index (χ1n) is 5.39. The minimum atomic E-state index is 0.733. The fourth-order valence-electron chi connectivity index (χ4n) is 1.40. The van der Waals surface area contributed by atoms with E-state index in [0.29, 0.717) is 0 Å². The van der Waals surface area contributed by atoms with Crippen LogP contribution in [0, 0.1) is 0 Å². The molecule has 16 heavy (non-hydrogen) atoms. The first-order chi connectivity index (χ1) is 7.79. The molecular weight excluding hydrogens is 242 g/mol. The Hall–Kier alpha value is -0.220. The van der Waals surface area contributed by atoms with Crippen molar-refractivity contribution >= 4 is 23.4 Å². The maximum absolute atomic E-state index is 6.17. The number of thioether (sulfide) groups is 1. The molecule has 0 aliphatic heterocycles. The monoisotopic (exact) mass is 259 g/mol. The van der Waals surface area contributed by atoms with Gasteiger partial charge in [0.25, 0.3) is 0 Å². The lowest BCUT2D eigenvalue weighted by Crippen LogP contribution is -2.18. The van der Waals surface area contributed by atoms with Crippen molar-refractivity contribution in [2.75, 3.05) is 26.0 Å². The average molecular weight is 260 g/mol. The number of hydrogen-bond donors (Lipinski definition) is 1. The molecule has 0 bridgehead atoms. The van der Waals surface area contributed by atoms with Gasteiger partial charge in [0.1, 0.15) is 0 Å². The minimum Gasteiger partial charge on any atom is -0.383 e. The first kappa shape index (κ1) is 13.8. The third-order valence-electron chi connectivity index (χ3n) is 2.14. The van der Waals surface area contributed by atoms with E-state index in [1.807, 2.05) is 12.1 Å². The zero-order valence-corrected chi connectivity index (χ0v) is 11.3. The summed E-state index contributed by atoms with van der Waals surface area (Å²) in [6, 6.07) is 6.05. The predicted molar refractivity (Wildman–Crippen MR) is 71.4 cm³/mol. The van der Waals surface area contributed by atoms with Crippen LogP contribution in [0.3, 0.4) is 0 Å². The van der Waals surface area contributed by atoms with Gasteiger partial charge in [-0.15, -0.1) is 11.8 Å². The molecule has 0 aliphatic carbocycles. The van der Waals surface area contributed by atoms with Gasteiger partial charge in [0, 0.05) is 25.1 Å². The van der Waals surface area contributed by atoms with Crippen LogP contribution in [0.15, 0.2) is 23.1 Å². The van der Waals surface area contributed by atoms with Crippen molar-refractivity contribution in [3.05, 3.63) is 28.8 Å². The second kappa shape index (κ2) is 7.96. The molecule has 0 heterocycles. The Morgan fingerprint density at radius 1 is 1.44 bits per heavy atom. The second-order valence-corrected chi connectivity index (χ2v) is 5.01. The molecule has 0 amide bonds. The Kier molecular flexibility index (Phi) is 6.88. The van der Waals surface area contributed by atoms with E-state index in [-0.39, 0.29) is 0 Å². The molecule has 2 nitrogen and oxygen atoms in total. The minimum absolute atomic E-state index is 0.733. The molecule has 4 heteroatoms. The van der Waals surface area contributed by atoms with Crippen LogP contribution in [0.1, 0.15) is 12.5 Å². The molecule has 0 saturated carbocycles. The smallest absolute Gasteiger partial charge is 0.0587 e. The van der Waals surface area contributed by atoms with Crippen molar-refractivity contribution in [1.82, 2.24) is 5.32 Å². The van der Waals surface area contributed by atoms with Crippen LogP contribution in [-0.2, 0) is 11.3 Å². The Balaban J connectivity index is 2.59. The van der Waals surface area contributed by atoms with Crippen LogP contribution >= 0.6 is 23.4 Å². The van der Waals surface area contributed by atoms with E-state index in [0.717, 1.165) is 30.5 Å². The molecule has 1 aromatic rings. The van der Waals surface area contributed by atoms with Gasteiger partial charge in [-0.2, -0.15) is 0 Å². The normalized spacial score (nSPS) is 10.7. The van der Waals surface area contributed by atoms with Gasteiger partial charge in [-0.1, -0.05) is 30.7 Å². The lowest BCUT2D eigenvalue weighted by molar-refractivity contribution is 0.199. The molecule has 90 valence electrons. The molecule has 0 aromatic heterocycles. The Morgan fingerprint density at radius 2 is 2.25 bits per heavy atom. The first-order valence-corrected chi connectivity index (χ1v) is 6.75. The molecular formula is C12H18ClNOS. The number of hydrogen-bond acceptors (Lipinski definition) is 3. The Labute approximate surface area is 107 Å². The van der Waals surface area contributed by atoms with E-state index in [9.17, 15) is 0 Å². The Morgan fingerprint density at radius 3 is 2.94 bits per heavy atom. The van der Waals surface area contributed by atoms with E-state index in [2.05, 4.69) is 18.3 Å². The average Bonchev–Trinajstić information content (AvgIpc) is 2.29. The van der Waals surface area contributed by atoms with Crippen molar-refractivity contribution < 1.29 is 4.74 Å². The van der Waals surface area contributed by atoms with Gasteiger partial charge in [-0.3, -0.25) is 0 Å². The summed E-state index contributed by atoms with van der Waals surface area (Å²) in [5.74, 6) is 1.04. The highest BCUT2D eigenvalue weighted by Gasteiger charge is 2.06. The summed E-state index contributed by atoms with van der Waals surface area (Å²) in [5.41, 5.74) is 1.26. The SMILES string of the molecule is CCSc1c(Cl)cccc1CNCCOC. The van der Waals surface area contributed by atoms with E-state index < -0.39 is 0 Å². The number of rotatable bonds is 7. The largest absolute Gasteiger partial charge is 0.383 e. The predicted octanol–water partition coefficient (Wildman–Crippen LogP) is 3.19. The van der Waals surface area contributed by atoms with Crippen molar-refractivity contribution in [1.29, 1.82) is 0 Å². The van der Waals surface area contributed by atoms with Crippen LogP contribution in [0.2, 0.25) is 5.02 Å². The molecule has 1 rings (SSSR count). The third kappa shape index (κ3) is 4.34. The van der Waals surface area contributed by atoms with Gasteiger partial charge in [-0.25, -0.2) is 0 Å². The lowest BCUT2D eigenvalue weighted by atomic mass is 10.2. The van der Waals surface area contributed by atoms with Crippen molar-refractivity contribution in [2.45, 2.75) is 18.4 Å². The number of benzene rings is 1. The summed E-state index contributed by atoms with van der Waals surface area (Å²) in [5, 5.41) is 4.18. The summed E-state index contributed by atoms with van der Waals surface area (Å²) in [6.45, 7) is 4.57. The highest BCUT2D eigenvalue weighted by atomic mass is 35.5. The van der Waals surface area contributed by atoms with E-state index in [1.165, 1.54) is 10.5 Å². The summed E-state index contributed by atoms with van der Waals surface area (Å²) >= 11 is 7.96. The summed E-state index contributed by atoms with van der Waals surface area (Å²) in [7, 11) is 1.71. The van der Waals surface area contributed by atoms with E-state index >= 15 is 0 Å².